The van der Waals surface area contributed by atoms with Gasteiger partial charge in [-0.15, -0.1) is 0 Å². The number of halogens is 5. The molecule has 0 heterocycles. The number of carboxylic acids is 1. The summed E-state index contributed by atoms with van der Waals surface area (Å²) in [4.78, 5) is 13.4. The highest BCUT2D eigenvalue weighted by molar-refractivity contribution is 6.40. The summed E-state index contributed by atoms with van der Waals surface area (Å²) in [5.41, 5.74) is 0.188. The first-order valence-corrected chi connectivity index (χ1v) is 4.06. The van der Waals surface area contributed by atoms with E-state index < -0.39 is 34.8 Å². The predicted molar refractivity (Wildman–Crippen MR) is 49.0 cm³/mol. The van der Waals surface area contributed by atoms with Crippen LogP contribution in [0.4, 0.5) is 17.6 Å². The summed E-state index contributed by atoms with van der Waals surface area (Å²) in [6.07, 6.45) is -3.40. The second-order valence-corrected chi connectivity index (χ2v) is 2.98. The molecule has 0 fully saturated rings. The minimum absolute atomic E-state index is 0.785. The lowest BCUT2D eigenvalue weighted by atomic mass is 10.1. The Labute approximate surface area is 92.4 Å². The number of allylic oxidation sites excluding steroid dienone is 1. The molecule has 0 unspecified atom stereocenters. The van der Waals surface area contributed by atoms with Crippen LogP contribution < -0.4 is 5.73 Å². The molecule has 0 saturated carbocycles. The maximum atomic E-state index is 12.7. The highest BCUT2D eigenvalue weighted by Crippen LogP contribution is 2.27. The summed E-state index contributed by atoms with van der Waals surface area (Å²) in [6.45, 7) is 0. The lowest BCUT2D eigenvalue weighted by Crippen LogP contribution is -2.31. The van der Waals surface area contributed by atoms with Gasteiger partial charge in [0.2, 0.25) is 0 Å². The second-order valence-electron chi connectivity index (χ2n) is 2.51. The number of nitrogens with two attached hydrogens (primary N) is 1. The maximum absolute atomic E-state index is 12.7. The Morgan fingerprint density at radius 1 is 1.50 bits per heavy atom. The van der Waals surface area contributed by atoms with E-state index >= 15 is 0 Å². The van der Waals surface area contributed by atoms with Crippen molar-refractivity contribution in [3.05, 3.63) is 11.3 Å². The molecule has 0 aliphatic carbocycles. The largest absolute Gasteiger partial charge is 0.478 e. The van der Waals surface area contributed by atoms with Gasteiger partial charge in [-0.05, 0) is 11.6 Å². The van der Waals surface area contributed by atoms with Gasteiger partial charge in [0, 0.05) is 7.05 Å². The van der Waals surface area contributed by atoms with Crippen LogP contribution in [-0.2, 0) is 4.79 Å². The van der Waals surface area contributed by atoms with E-state index in [2.05, 4.69) is 16.6 Å². The number of aliphatic imine (C=N–C) groups is 1. The van der Waals surface area contributed by atoms with Crippen LogP contribution in [0.5, 0.6) is 0 Å². The van der Waals surface area contributed by atoms with E-state index in [1.807, 2.05) is 0 Å². The van der Waals surface area contributed by atoms with Gasteiger partial charge in [0.25, 0.3) is 6.43 Å². The van der Waals surface area contributed by atoms with Crippen LogP contribution in [0.2, 0.25) is 0 Å². The third-order valence-electron chi connectivity index (χ3n) is 1.47. The molecule has 92 valence electrons. The molecule has 0 aromatic rings. The third-order valence-corrected chi connectivity index (χ3v) is 1.65. The van der Waals surface area contributed by atoms with Gasteiger partial charge in [0.05, 0.1) is 5.70 Å². The maximum Gasteiger partial charge on any atom is 0.365 e. The number of hydrogen-bond donors (Lipinski definition) is 2. The molecule has 9 heteroatoms. The normalized spacial score (nSPS) is 15.1. The molecule has 3 N–H and O–H groups in total. The summed E-state index contributed by atoms with van der Waals surface area (Å²) < 4.78 is 49.6. The van der Waals surface area contributed by atoms with Gasteiger partial charge < -0.3 is 10.8 Å². The van der Waals surface area contributed by atoms with Crippen molar-refractivity contribution in [1.82, 2.24) is 0 Å². The van der Waals surface area contributed by atoms with Crippen LogP contribution in [0.1, 0.15) is 0 Å². The molecule has 0 spiro atoms. The zero-order valence-electron chi connectivity index (χ0n) is 7.85. The molecule has 4 nitrogen and oxygen atoms in total. The number of aliphatic carboxylic acids is 1. The predicted octanol–water partition coefficient (Wildman–Crippen LogP) is 1.45. The SMILES string of the molecule is CN=C(C(C(=O)O)=C(N)C(F)F)C(F)(F)Cl. The molecule has 0 rings (SSSR count). The molecule has 0 bridgehead atoms. The fourth-order valence-corrected chi connectivity index (χ4v) is 1.03. The Morgan fingerprint density at radius 2 is 1.94 bits per heavy atom. The molecular formula is C7H7ClF4N2O2. The average Bonchev–Trinajstić information content (AvgIpc) is 2.09. The number of rotatable bonds is 4. The number of nitrogens with zero attached hydrogens (tertiary/aromatic N) is 1. The van der Waals surface area contributed by atoms with Crippen LogP contribution in [-0.4, -0.2) is 35.6 Å². The Balaban J connectivity index is 5.75. The van der Waals surface area contributed by atoms with Crippen molar-refractivity contribution in [2.45, 2.75) is 11.8 Å². The van der Waals surface area contributed by atoms with Crippen LogP contribution in [0.3, 0.4) is 0 Å². The van der Waals surface area contributed by atoms with Crippen molar-refractivity contribution < 1.29 is 27.5 Å². The minimum atomic E-state index is -4.19. The number of carboxylic acid groups (broad SMARTS) is 1. The van der Waals surface area contributed by atoms with Crippen LogP contribution in [0.25, 0.3) is 0 Å². The number of alkyl halides is 5. The van der Waals surface area contributed by atoms with Crippen LogP contribution in [0, 0.1) is 0 Å². The van der Waals surface area contributed by atoms with Crippen LogP contribution >= 0.6 is 11.6 Å². The minimum Gasteiger partial charge on any atom is -0.478 e. The molecule has 16 heavy (non-hydrogen) atoms. The van der Waals surface area contributed by atoms with Gasteiger partial charge >= 0.3 is 11.4 Å². The smallest absolute Gasteiger partial charge is 0.365 e. The Kier molecular flexibility index (Phi) is 4.73. The van der Waals surface area contributed by atoms with Gasteiger partial charge in [-0.2, -0.15) is 8.78 Å². The summed E-state index contributed by atoms with van der Waals surface area (Å²) in [5.74, 6) is -2.06. The Morgan fingerprint density at radius 3 is 2.12 bits per heavy atom. The molecule has 0 atom stereocenters. The molecule has 0 aliphatic rings. The molecule has 0 saturated heterocycles. The summed E-state index contributed by atoms with van der Waals surface area (Å²) in [5, 5.41) is 4.32. The highest BCUT2D eigenvalue weighted by Gasteiger charge is 2.40. The average molecular weight is 263 g/mol. The highest BCUT2D eigenvalue weighted by atomic mass is 35.5. The molecule has 0 aromatic heterocycles. The monoisotopic (exact) mass is 262 g/mol. The summed E-state index contributed by atoms with van der Waals surface area (Å²) in [6, 6.07) is 0. The van der Waals surface area contributed by atoms with Crippen molar-refractivity contribution in [2.75, 3.05) is 7.05 Å². The quantitative estimate of drug-likeness (QED) is 0.348. The third kappa shape index (κ3) is 3.37. The van der Waals surface area contributed by atoms with E-state index in [1.54, 1.807) is 0 Å². The van der Waals surface area contributed by atoms with Gasteiger partial charge in [-0.25, -0.2) is 13.6 Å². The van der Waals surface area contributed by atoms with Crippen molar-refractivity contribution in [2.24, 2.45) is 10.7 Å². The standard InChI is InChI=1S/C7H7ClF4N2O2/c1-14-4(7(8,11)12)2(6(15)16)3(13)5(9)10/h5H,13H2,1H3,(H,15,16). The van der Waals surface area contributed by atoms with E-state index in [1.165, 1.54) is 0 Å². The van der Waals surface area contributed by atoms with E-state index in [-0.39, 0.29) is 0 Å². The first kappa shape index (κ1) is 14.7. The second kappa shape index (κ2) is 5.15. The fourth-order valence-electron chi connectivity index (χ4n) is 0.851. The van der Waals surface area contributed by atoms with Gasteiger partial charge in [-0.1, -0.05) is 0 Å². The van der Waals surface area contributed by atoms with Gasteiger partial charge in [0.15, 0.2) is 0 Å². The Bertz CT molecular complexity index is 349. The van der Waals surface area contributed by atoms with E-state index in [0.29, 0.717) is 0 Å². The van der Waals surface area contributed by atoms with E-state index in [9.17, 15) is 22.4 Å². The topological polar surface area (TPSA) is 75.7 Å². The number of carbonyl (C=O) groups is 1. The zero-order valence-corrected chi connectivity index (χ0v) is 8.60. The first-order valence-electron chi connectivity index (χ1n) is 3.68. The van der Waals surface area contributed by atoms with Crippen molar-refractivity contribution in [1.29, 1.82) is 0 Å². The molecule has 0 radical (unpaired) electrons. The van der Waals surface area contributed by atoms with Gasteiger partial charge in [-0.3, -0.25) is 4.99 Å². The molecular weight excluding hydrogens is 256 g/mol. The summed E-state index contributed by atoms with van der Waals surface area (Å²) in [7, 11) is 0.785. The number of hydrogen-bond acceptors (Lipinski definition) is 3. The molecule has 0 aromatic carbocycles. The lowest BCUT2D eigenvalue weighted by molar-refractivity contribution is -0.132. The van der Waals surface area contributed by atoms with E-state index in [0.717, 1.165) is 7.05 Å². The van der Waals surface area contributed by atoms with Gasteiger partial charge in [0.1, 0.15) is 11.3 Å². The fraction of sp³-hybridized carbons (Fsp3) is 0.429. The van der Waals surface area contributed by atoms with Crippen molar-refractivity contribution in [3.63, 3.8) is 0 Å². The first-order chi connectivity index (χ1) is 7.12. The lowest BCUT2D eigenvalue weighted by Gasteiger charge is -2.14. The molecule has 0 aliphatic heterocycles. The molecule has 0 amide bonds. The summed E-state index contributed by atoms with van der Waals surface area (Å²) >= 11 is 4.52. The van der Waals surface area contributed by atoms with Crippen molar-refractivity contribution >= 4 is 23.3 Å². The van der Waals surface area contributed by atoms with Crippen molar-refractivity contribution in [3.8, 4) is 0 Å². The zero-order chi connectivity index (χ0) is 13.1. The van der Waals surface area contributed by atoms with E-state index in [4.69, 9.17) is 10.8 Å². The Hall–Kier alpha value is -1.31. The van der Waals surface area contributed by atoms with Crippen LogP contribution in [0.15, 0.2) is 16.3 Å².